The van der Waals surface area contributed by atoms with E-state index in [0.717, 1.165) is 0 Å². The molecule has 2 aromatic rings. The van der Waals surface area contributed by atoms with Gasteiger partial charge in [-0.2, -0.15) is 0 Å². The van der Waals surface area contributed by atoms with Crippen molar-refractivity contribution < 1.29 is 14.3 Å². The summed E-state index contributed by atoms with van der Waals surface area (Å²) in [6, 6.07) is 6.01. The predicted molar refractivity (Wildman–Crippen MR) is 68.6 cm³/mol. The maximum Gasteiger partial charge on any atom is 0.259 e. The highest BCUT2D eigenvalue weighted by atomic mass is 16.3. The summed E-state index contributed by atoms with van der Waals surface area (Å²) in [5, 5.41) is 11.9. The number of phenolic OH excluding ortho intramolecular Hbond substituents is 1. The number of carbonyl (C=O) groups is 1. The number of aromatic hydroxyl groups is 1. The predicted octanol–water partition coefficient (Wildman–Crippen LogP) is 2.38. The number of nitrogen functional groups attached to an aromatic ring is 1. The molecule has 0 saturated heterocycles. The Morgan fingerprint density at radius 2 is 2.22 bits per heavy atom. The first-order chi connectivity index (χ1) is 8.61. The van der Waals surface area contributed by atoms with Crippen molar-refractivity contribution in [3.05, 3.63) is 41.9 Å². The van der Waals surface area contributed by atoms with Crippen LogP contribution in [0.2, 0.25) is 0 Å². The molecule has 94 valence electrons. The number of amides is 1. The Balaban J connectivity index is 2.21. The zero-order chi connectivity index (χ0) is 13.1. The Morgan fingerprint density at radius 3 is 2.89 bits per heavy atom. The number of hydrogen-bond donors (Lipinski definition) is 3. The number of aryl methyl sites for hydroxylation is 1. The van der Waals surface area contributed by atoms with Gasteiger partial charge in [-0.3, -0.25) is 4.79 Å². The Kier molecular flexibility index (Phi) is 3.23. The van der Waals surface area contributed by atoms with Gasteiger partial charge in [0, 0.05) is 12.5 Å². The van der Waals surface area contributed by atoms with Crippen LogP contribution in [-0.2, 0) is 6.42 Å². The van der Waals surface area contributed by atoms with Gasteiger partial charge in [-0.05, 0) is 18.2 Å². The van der Waals surface area contributed by atoms with Crippen LogP contribution in [0.5, 0.6) is 5.75 Å². The Labute approximate surface area is 104 Å². The first-order valence-electron chi connectivity index (χ1n) is 5.58. The van der Waals surface area contributed by atoms with Crippen molar-refractivity contribution in [3.63, 3.8) is 0 Å². The van der Waals surface area contributed by atoms with Gasteiger partial charge in [0.2, 0.25) is 0 Å². The average Bonchev–Trinajstić information content (AvgIpc) is 2.81. The first-order valence-corrected chi connectivity index (χ1v) is 5.58. The van der Waals surface area contributed by atoms with E-state index in [1.54, 1.807) is 12.1 Å². The quantitative estimate of drug-likeness (QED) is 0.573. The second-order valence-electron chi connectivity index (χ2n) is 3.84. The molecule has 0 aliphatic rings. The molecule has 2 rings (SSSR count). The van der Waals surface area contributed by atoms with Gasteiger partial charge in [0.25, 0.3) is 5.91 Å². The largest absolute Gasteiger partial charge is 0.508 e. The topological polar surface area (TPSA) is 88.5 Å². The number of anilines is 2. The van der Waals surface area contributed by atoms with E-state index in [-0.39, 0.29) is 11.7 Å². The fraction of sp³-hybridized carbons (Fsp3) is 0.154. The number of nitrogens with one attached hydrogen (secondary N) is 1. The van der Waals surface area contributed by atoms with Crippen molar-refractivity contribution in [3.8, 4) is 5.75 Å². The van der Waals surface area contributed by atoms with Crippen LogP contribution in [0, 0.1) is 0 Å². The van der Waals surface area contributed by atoms with E-state index in [9.17, 15) is 9.90 Å². The van der Waals surface area contributed by atoms with E-state index in [2.05, 4.69) is 5.32 Å². The van der Waals surface area contributed by atoms with Gasteiger partial charge < -0.3 is 20.6 Å². The molecule has 1 aromatic heterocycles. The monoisotopic (exact) mass is 246 g/mol. The van der Waals surface area contributed by atoms with E-state index < -0.39 is 0 Å². The molecule has 4 N–H and O–H groups in total. The van der Waals surface area contributed by atoms with Crippen molar-refractivity contribution in [1.82, 2.24) is 0 Å². The van der Waals surface area contributed by atoms with E-state index in [0.29, 0.717) is 29.1 Å². The molecule has 1 heterocycles. The molecule has 0 atom stereocenters. The lowest BCUT2D eigenvalue weighted by atomic mass is 10.2. The summed E-state index contributed by atoms with van der Waals surface area (Å²) in [6.45, 7) is 1.91. The lowest BCUT2D eigenvalue weighted by Gasteiger charge is -2.08. The molecule has 0 saturated carbocycles. The van der Waals surface area contributed by atoms with Gasteiger partial charge >= 0.3 is 0 Å². The summed E-state index contributed by atoms with van der Waals surface area (Å²) >= 11 is 0. The lowest BCUT2D eigenvalue weighted by Crippen LogP contribution is -2.13. The third-order valence-electron chi connectivity index (χ3n) is 2.59. The van der Waals surface area contributed by atoms with E-state index in [1.165, 1.54) is 18.4 Å². The summed E-state index contributed by atoms with van der Waals surface area (Å²) in [6.07, 6.45) is 2.12. The highest BCUT2D eigenvalue weighted by Gasteiger charge is 2.14. The van der Waals surface area contributed by atoms with Crippen LogP contribution < -0.4 is 11.1 Å². The summed E-state index contributed by atoms with van der Waals surface area (Å²) in [5.74, 6) is 0.408. The van der Waals surface area contributed by atoms with Crippen LogP contribution in [0.4, 0.5) is 11.4 Å². The average molecular weight is 246 g/mol. The number of nitrogens with two attached hydrogens (primary N) is 1. The van der Waals surface area contributed by atoms with Crippen LogP contribution in [0.15, 0.2) is 34.9 Å². The van der Waals surface area contributed by atoms with Gasteiger partial charge in [-0.1, -0.05) is 6.92 Å². The van der Waals surface area contributed by atoms with E-state index in [4.69, 9.17) is 10.2 Å². The number of benzene rings is 1. The maximum absolute atomic E-state index is 12.0. The Bertz CT molecular complexity index is 575. The number of carbonyl (C=O) groups excluding carboxylic acids is 1. The molecule has 0 aliphatic heterocycles. The Morgan fingerprint density at radius 1 is 1.44 bits per heavy atom. The van der Waals surface area contributed by atoms with Gasteiger partial charge in [-0.25, -0.2) is 0 Å². The molecule has 0 spiro atoms. The number of phenols is 1. The summed E-state index contributed by atoms with van der Waals surface area (Å²) in [5.41, 5.74) is 6.96. The molecule has 0 unspecified atom stereocenters. The molecule has 0 aliphatic carbocycles. The molecule has 0 fully saturated rings. The van der Waals surface area contributed by atoms with Gasteiger partial charge in [0.05, 0.1) is 23.2 Å². The van der Waals surface area contributed by atoms with Crippen LogP contribution in [0.25, 0.3) is 0 Å². The Hall–Kier alpha value is -2.43. The number of rotatable bonds is 3. The molecular formula is C13H14N2O3. The summed E-state index contributed by atoms with van der Waals surface area (Å²) < 4.78 is 5.19. The zero-order valence-electron chi connectivity index (χ0n) is 9.93. The van der Waals surface area contributed by atoms with Gasteiger partial charge in [0.1, 0.15) is 11.5 Å². The van der Waals surface area contributed by atoms with Gasteiger partial charge in [0.15, 0.2) is 0 Å². The minimum Gasteiger partial charge on any atom is -0.508 e. The van der Waals surface area contributed by atoms with Crippen molar-refractivity contribution in [2.24, 2.45) is 0 Å². The summed E-state index contributed by atoms with van der Waals surface area (Å²) in [4.78, 5) is 12.0. The van der Waals surface area contributed by atoms with Crippen LogP contribution in [0.1, 0.15) is 23.0 Å². The van der Waals surface area contributed by atoms with Crippen molar-refractivity contribution in [2.75, 3.05) is 11.1 Å². The smallest absolute Gasteiger partial charge is 0.259 e. The molecule has 0 radical (unpaired) electrons. The molecule has 1 aromatic carbocycles. The third kappa shape index (κ3) is 2.29. The number of hydrogen-bond acceptors (Lipinski definition) is 4. The molecule has 0 bridgehead atoms. The molecule has 5 nitrogen and oxygen atoms in total. The van der Waals surface area contributed by atoms with Crippen LogP contribution in [0.3, 0.4) is 0 Å². The summed E-state index contributed by atoms with van der Waals surface area (Å²) in [7, 11) is 0. The second kappa shape index (κ2) is 4.83. The first kappa shape index (κ1) is 12.0. The highest BCUT2D eigenvalue weighted by Crippen LogP contribution is 2.24. The van der Waals surface area contributed by atoms with Gasteiger partial charge in [-0.15, -0.1) is 0 Å². The standard InChI is InChI=1S/C13H14N2O3/c1-2-12-9(5-6-18-12)13(17)15-11-4-3-8(16)7-10(11)14/h3-7,16H,2,14H2,1H3,(H,15,17). The second-order valence-corrected chi connectivity index (χ2v) is 3.84. The van der Waals surface area contributed by atoms with E-state index in [1.807, 2.05) is 6.92 Å². The normalized spacial score (nSPS) is 10.3. The van der Waals surface area contributed by atoms with E-state index >= 15 is 0 Å². The minimum absolute atomic E-state index is 0.0584. The van der Waals surface area contributed by atoms with Crippen molar-refractivity contribution in [1.29, 1.82) is 0 Å². The molecule has 5 heteroatoms. The van der Waals surface area contributed by atoms with Crippen molar-refractivity contribution >= 4 is 17.3 Å². The highest BCUT2D eigenvalue weighted by molar-refractivity contribution is 6.06. The lowest BCUT2D eigenvalue weighted by molar-refractivity contribution is 0.102. The fourth-order valence-electron chi connectivity index (χ4n) is 1.67. The van der Waals surface area contributed by atoms with Crippen molar-refractivity contribution in [2.45, 2.75) is 13.3 Å². The van der Waals surface area contributed by atoms with Crippen LogP contribution in [-0.4, -0.2) is 11.0 Å². The third-order valence-corrected chi connectivity index (χ3v) is 2.59. The number of furan rings is 1. The maximum atomic E-state index is 12.0. The van der Waals surface area contributed by atoms with Crippen LogP contribution >= 0.6 is 0 Å². The SMILES string of the molecule is CCc1occc1C(=O)Nc1ccc(O)cc1N. The fourth-order valence-corrected chi connectivity index (χ4v) is 1.67. The molecule has 1 amide bonds. The minimum atomic E-state index is -0.280. The molecular weight excluding hydrogens is 232 g/mol. The molecule has 18 heavy (non-hydrogen) atoms. The zero-order valence-corrected chi connectivity index (χ0v) is 9.93.